The van der Waals surface area contributed by atoms with Crippen LogP contribution in [0.15, 0.2) is 22.7 Å². The van der Waals surface area contributed by atoms with Crippen LogP contribution in [0, 0.1) is 11.7 Å². The highest BCUT2D eigenvalue weighted by Crippen LogP contribution is 2.26. The predicted molar refractivity (Wildman–Crippen MR) is 73.9 cm³/mol. The Hall–Kier alpha value is -0.450. The minimum Gasteiger partial charge on any atom is -0.314 e. The molecule has 2 saturated heterocycles. The van der Waals surface area contributed by atoms with Gasteiger partial charge in [0.25, 0.3) is 0 Å². The number of nitrogens with one attached hydrogen (secondary N) is 1. The maximum atomic E-state index is 13.3. The molecule has 3 rings (SSSR count). The maximum Gasteiger partial charge on any atom is 0.124 e. The van der Waals surface area contributed by atoms with E-state index in [0.717, 1.165) is 48.2 Å². The van der Waals surface area contributed by atoms with Crippen molar-refractivity contribution in [3.05, 3.63) is 34.1 Å². The van der Waals surface area contributed by atoms with Crippen LogP contribution in [0.2, 0.25) is 0 Å². The van der Waals surface area contributed by atoms with Gasteiger partial charge in [-0.1, -0.05) is 15.9 Å². The number of piperidine rings is 1. The van der Waals surface area contributed by atoms with Gasteiger partial charge in [-0.05, 0) is 55.6 Å². The third kappa shape index (κ3) is 2.76. The lowest BCUT2D eigenvalue weighted by Crippen LogP contribution is -2.43. The summed E-state index contributed by atoms with van der Waals surface area (Å²) >= 11 is 3.35. The van der Waals surface area contributed by atoms with Crippen molar-refractivity contribution in [2.75, 3.05) is 19.6 Å². The SMILES string of the molecule is Fc1cc(Br)cc(CN2CCC3NCCC3C2)c1. The molecule has 98 valence electrons. The van der Waals surface area contributed by atoms with Crippen molar-refractivity contribution in [2.24, 2.45) is 5.92 Å². The van der Waals surface area contributed by atoms with E-state index in [9.17, 15) is 4.39 Å². The van der Waals surface area contributed by atoms with Crippen LogP contribution in [0.3, 0.4) is 0 Å². The fraction of sp³-hybridized carbons (Fsp3) is 0.571. The highest BCUT2D eigenvalue weighted by molar-refractivity contribution is 9.10. The van der Waals surface area contributed by atoms with E-state index in [4.69, 9.17) is 0 Å². The third-order valence-corrected chi connectivity index (χ3v) is 4.53. The van der Waals surface area contributed by atoms with Gasteiger partial charge in [0.1, 0.15) is 5.82 Å². The average molecular weight is 313 g/mol. The number of fused-ring (bicyclic) bond motifs is 1. The zero-order valence-electron chi connectivity index (χ0n) is 10.3. The smallest absolute Gasteiger partial charge is 0.124 e. The molecule has 18 heavy (non-hydrogen) atoms. The highest BCUT2D eigenvalue weighted by Gasteiger charge is 2.32. The van der Waals surface area contributed by atoms with Gasteiger partial charge in [-0.15, -0.1) is 0 Å². The molecule has 0 aromatic heterocycles. The number of nitrogens with zero attached hydrogens (tertiary/aromatic N) is 1. The summed E-state index contributed by atoms with van der Waals surface area (Å²) in [5.74, 6) is 0.632. The summed E-state index contributed by atoms with van der Waals surface area (Å²) in [6, 6.07) is 5.89. The van der Waals surface area contributed by atoms with Gasteiger partial charge in [-0.3, -0.25) is 4.90 Å². The summed E-state index contributed by atoms with van der Waals surface area (Å²) in [5, 5.41) is 3.57. The van der Waals surface area contributed by atoms with Gasteiger partial charge in [0, 0.05) is 23.6 Å². The summed E-state index contributed by atoms with van der Waals surface area (Å²) in [5.41, 5.74) is 1.06. The van der Waals surface area contributed by atoms with Gasteiger partial charge in [0.2, 0.25) is 0 Å². The lowest BCUT2D eigenvalue weighted by molar-refractivity contribution is 0.156. The van der Waals surface area contributed by atoms with Crippen molar-refractivity contribution in [1.82, 2.24) is 10.2 Å². The fourth-order valence-corrected chi connectivity index (χ4v) is 3.74. The van der Waals surface area contributed by atoms with Crippen LogP contribution in [0.1, 0.15) is 18.4 Å². The van der Waals surface area contributed by atoms with E-state index in [1.54, 1.807) is 6.07 Å². The molecule has 2 atom stereocenters. The Balaban J connectivity index is 1.65. The first-order valence-electron chi connectivity index (χ1n) is 6.61. The topological polar surface area (TPSA) is 15.3 Å². The lowest BCUT2D eigenvalue weighted by Gasteiger charge is -2.34. The molecule has 2 unspecified atom stereocenters. The third-order valence-electron chi connectivity index (χ3n) is 4.07. The Labute approximate surface area is 116 Å². The molecule has 0 saturated carbocycles. The Morgan fingerprint density at radius 2 is 2.22 bits per heavy atom. The summed E-state index contributed by atoms with van der Waals surface area (Å²) < 4.78 is 14.2. The molecule has 2 heterocycles. The molecule has 0 radical (unpaired) electrons. The van der Waals surface area contributed by atoms with Crippen molar-refractivity contribution in [3.8, 4) is 0 Å². The molecule has 0 bridgehead atoms. The normalized spacial score (nSPS) is 28.3. The Morgan fingerprint density at radius 1 is 1.33 bits per heavy atom. The molecule has 2 fully saturated rings. The number of rotatable bonds is 2. The number of halogens is 2. The van der Waals surface area contributed by atoms with Crippen LogP contribution >= 0.6 is 15.9 Å². The molecule has 1 aromatic carbocycles. The van der Waals surface area contributed by atoms with Gasteiger partial charge in [-0.25, -0.2) is 4.39 Å². The van der Waals surface area contributed by atoms with Crippen LogP contribution in [0.5, 0.6) is 0 Å². The monoisotopic (exact) mass is 312 g/mol. The number of hydrogen-bond acceptors (Lipinski definition) is 2. The molecule has 1 aromatic rings. The van der Waals surface area contributed by atoms with E-state index in [0.29, 0.717) is 0 Å². The highest BCUT2D eigenvalue weighted by atomic mass is 79.9. The molecular formula is C14H18BrFN2. The van der Waals surface area contributed by atoms with Crippen LogP contribution in [0.25, 0.3) is 0 Å². The average Bonchev–Trinajstić information content (AvgIpc) is 2.74. The lowest BCUT2D eigenvalue weighted by atomic mass is 9.93. The van der Waals surface area contributed by atoms with E-state index in [1.807, 2.05) is 6.07 Å². The first-order valence-corrected chi connectivity index (χ1v) is 7.41. The van der Waals surface area contributed by atoms with Crippen molar-refractivity contribution in [3.63, 3.8) is 0 Å². The quantitative estimate of drug-likeness (QED) is 0.903. The zero-order chi connectivity index (χ0) is 12.5. The van der Waals surface area contributed by atoms with Crippen LogP contribution < -0.4 is 5.32 Å². The Bertz CT molecular complexity index is 418. The molecule has 0 aliphatic carbocycles. The fourth-order valence-electron chi connectivity index (χ4n) is 3.23. The summed E-state index contributed by atoms with van der Waals surface area (Å²) in [7, 11) is 0. The van der Waals surface area contributed by atoms with Crippen molar-refractivity contribution < 1.29 is 4.39 Å². The van der Waals surface area contributed by atoms with E-state index in [1.165, 1.54) is 18.9 Å². The Morgan fingerprint density at radius 3 is 3.06 bits per heavy atom. The van der Waals surface area contributed by atoms with E-state index < -0.39 is 0 Å². The first-order chi connectivity index (χ1) is 8.70. The molecule has 2 aliphatic rings. The molecule has 1 N–H and O–H groups in total. The van der Waals surface area contributed by atoms with Crippen molar-refractivity contribution in [1.29, 1.82) is 0 Å². The van der Waals surface area contributed by atoms with Gasteiger partial charge in [-0.2, -0.15) is 0 Å². The van der Waals surface area contributed by atoms with Crippen LogP contribution in [-0.4, -0.2) is 30.6 Å². The maximum absolute atomic E-state index is 13.3. The van der Waals surface area contributed by atoms with E-state index >= 15 is 0 Å². The standard InChI is InChI=1S/C14H18BrFN2/c15-12-5-10(6-13(16)7-12)8-18-4-2-14-11(9-18)1-3-17-14/h5-7,11,14,17H,1-4,8-9H2. The van der Waals surface area contributed by atoms with E-state index in [2.05, 4.69) is 26.1 Å². The second-order valence-electron chi connectivity index (χ2n) is 5.41. The largest absolute Gasteiger partial charge is 0.314 e. The minimum atomic E-state index is -0.156. The number of hydrogen-bond donors (Lipinski definition) is 1. The van der Waals surface area contributed by atoms with Crippen molar-refractivity contribution in [2.45, 2.75) is 25.4 Å². The molecule has 2 aliphatic heterocycles. The van der Waals surface area contributed by atoms with Gasteiger partial charge in [0.15, 0.2) is 0 Å². The second-order valence-corrected chi connectivity index (χ2v) is 6.33. The molecular weight excluding hydrogens is 295 g/mol. The molecule has 2 nitrogen and oxygen atoms in total. The number of likely N-dealkylation sites (tertiary alicyclic amines) is 1. The molecule has 0 spiro atoms. The molecule has 4 heteroatoms. The molecule has 0 amide bonds. The van der Waals surface area contributed by atoms with Gasteiger partial charge in [0.05, 0.1) is 0 Å². The predicted octanol–water partition coefficient (Wildman–Crippen LogP) is 2.77. The summed E-state index contributed by atoms with van der Waals surface area (Å²) in [6.07, 6.45) is 2.51. The second kappa shape index (κ2) is 5.27. The van der Waals surface area contributed by atoms with Crippen molar-refractivity contribution >= 4 is 15.9 Å². The van der Waals surface area contributed by atoms with Gasteiger partial charge < -0.3 is 5.32 Å². The van der Waals surface area contributed by atoms with Crippen LogP contribution in [-0.2, 0) is 6.54 Å². The van der Waals surface area contributed by atoms with E-state index in [-0.39, 0.29) is 5.82 Å². The Kier molecular flexibility index (Phi) is 3.68. The minimum absolute atomic E-state index is 0.156. The number of benzene rings is 1. The summed E-state index contributed by atoms with van der Waals surface area (Å²) in [4.78, 5) is 2.45. The van der Waals surface area contributed by atoms with Gasteiger partial charge >= 0.3 is 0 Å². The first kappa shape index (κ1) is 12.6. The summed E-state index contributed by atoms with van der Waals surface area (Å²) in [6.45, 7) is 4.28. The van der Waals surface area contributed by atoms with Crippen LogP contribution in [0.4, 0.5) is 4.39 Å². The zero-order valence-corrected chi connectivity index (χ0v) is 11.9.